The molecule has 0 aromatic heterocycles. The Balaban J connectivity index is 2.49. The topological polar surface area (TPSA) is 87.3 Å². The second-order valence-corrected chi connectivity index (χ2v) is 7.18. The Morgan fingerprint density at radius 1 is 1.17 bits per heavy atom. The van der Waals surface area contributed by atoms with Gasteiger partial charge in [-0.2, -0.15) is 0 Å². The lowest BCUT2D eigenvalue weighted by Crippen LogP contribution is -2.54. The van der Waals surface area contributed by atoms with Crippen LogP contribution in [0.5, 0.6) is 0 Å². The van der Waals surface area contributed by atoms with E-state index in [4.69, 9.17) is 23.2 Å². The number of nitrogens with one attached hydrogen (secondary N) is 3. The summed E-state index contributed by atoms with van der Waals surface area (Å²) in [5.41, 5.74) is 4.61. The standard InChI is InChI=1S/C15H19Cl2N3O3S/c1-8(2)14(18-9(3)21)15(23)20-19-13(22)7-24-12-6-10(16)4-5-11(12)17/h4-6,8,14H,7H2,1-3H3,(H,18,21)(H,19,22)(H,20,23)/t14-/m0/s1. The van der Waals surface area contributed by atoms with E-state index in [-0.39, 0.29) is 17.6 Å². The molecule has 0 aliphatic carbocycles. The van der Waals surface area contributed by atoms with Crippen molar-refractivity contribution in [1.29, 1.82) is 0 Å². The molecule has 9 heteroatoms. The van der Waals surface area contributed by atoms with E-state index in [1.165, 1.54) is 18.7 Å². The Labute approximate surface area is 155 Å². The van der Waals surface area contributed by atoms with E-state index >= 15 is 0 Å². The summed E-state index contributed by atoms with van der Waals surface area (Å²) >= 11 is 13.1. The molecule has 1 rings (SSSR count). The molecule has 3 N–H and O–H groups in total. The van der Waals surface area contributed by atoms with Crippen LogP contribution in [0.2, 0.25) is 10.0 Å². The molecule has 1 aromatic rings. The summed E-state index contributed by atoms with van der Waals surface area (Å²) < 4.78 is 0. The van der Waals surface area contributed by atoms with Gasteiger partial charge in [0, 0.05) is 16.8 Å². The Morgan fingerprint density at radius 2 is 1.83 bits per heavy atom. The molecule has 24 heavy (non-hydrogen) atoms. The summed E-state index contributed by atoms with van der Waals surface area (Å²) in [6.45, 7) is 4.91. The Bertz CT molecular complexity index is 626. The van der Waals surface area contributed by atoms with Gasteiger partial charge in [0.25, 0.3) is 5.91 Å². The van der Waals surface area contributed by atoms with Gasteiger partial charge in [0.15, 0.2) is 0 Å². The van der Waals surface area contributed by atoms with E-state index in [2.05, 4.69) is 16.2 Å². The van der Waals surface area contributed by atoms with Gasteiger partial charge in [0.2, 0.25) is 11.8 Å². The molecule has 0 bridgehead atoms. The van der Waals surface area contributed by atoms with Crippen LogP contribution in [0.1, 0.15) is 20.8 Å². The van der Waals surface area contributed by atoms with Crippen LogP contribution in [0, 0.1) is 5.92 Å². The first kappa shape index (κ1) is 20.6. The fraction of sp³-hybridized carbons (Fsp3) is 0.400. The number of carbonyl (C=O) groups is 3. The number of benzene rings is 1. The number of amides is 3. The Kier molecular flexibility index (Phi) is 8.38. The van der Waals surface area contributed by atoms with E-state index in [9.17, 15) is 14.4 Å². The second-order valence-electron chi connectivity index (χ2n) is 5.32. The van der Waals surface area contributed by atoms with Gasteiger partial charge in [-0.05, 0) is 24.1 Å². The molecule has 3 amide bonds. The van der Waals surface area contributed by atoms with Crippen LogP contribution in [-0.2, 0) is 14.4 Å². The zero-order chi connectivity index (χ0) is 18.3. The van der Waals surface area contributed by atoms with Gasteiger partial charge in [-0.25, -0.2) is 0 Å². The molecule has 0 unspecified atom stereocenters. The van der Waals surface area contributed by atoms with Crippen LogP contribution in [0.3, 0.4) is 0 Å². The average molecular weight is 392 g/mol. The van der Waals surface area contributed by atoms with Gasteiger partial charge >= 0.3 is 0 Å². The predicted molar refractivity (Wildman–Crippen MR) is 95.9 cm³/mol. The van der Waals surface area contributed by atoms with Crippen molar-refractivity contribution in [1.82, 2.24) is 16.2 Å². The van der Waals surface area contributed by atoms with E-state index in [1.807, 2.05) is 0 Å². The summed E-state index contributed by atoms with van der Waals surface area (Å²) in [4.78, 5) is 35.6. The van der Waals surface area contributed by atoms with Crippen molar-refractivity contribution in [2.75, 3.05) is 5.75 Å². The zero-order valence-corrected chi connectivity index (χ0v) is 15.8. The first-order valence-electron chi connectivity index (χ1n) is 7.14. The summed E-state index contributed by atoms with van der Waals surface area (Å²) in [7, 11) is 0. The summed E-state index contributed by atoms with van der Waals surface area (Å²) in [5.74, 6) is -1.28. The highest BCUT2D eigenvalue weighted by molar-refractivity contribution is 8.00. The van der Waals surface area contributed by atoms with Crippen LogP contribution < -0.4 is 16.2 Å². The van der Waals surface area contributed by atoms with Crippen molar-refractivity contribution >= 4 is 52.7 Å². The molecule has 0 heterocycles. The van der Waals surface area contributed by atoms with Crippen LogP contribution in [0.15, 0.2) is 23.1 Å². The largest absolute Gasteiger partial charge is 0.344 e. The second kappa shape index (κ2) is 9.76. The van der Waals surface area contributed by atoms with E-state index in [0.29, 0.717) is 14.9 Å². The minimum Gasteiger partial charge on any atom is -0.344 e. The van der Waals surface area contributed by atoms with Crippen LogP contribution >= 0.6 is 35.0 Å². The van der Waals surface area contributed by atoms with Crippen molar-refractivity contribution in [2.45, 2.75) is 31.7 Å². The third-order valence-electron chi connectivity index (χ3n) is 2.89. The lowest BCUT2D eigenvalue weighted by atomic mass is 10.0. The number of rotatable bonds is 6. The maximum atomic E-state index is 12.0. The first-order chi connectivity index (χ1) is 11.2. The molecule has 0 aliphatic rings. The molecule has 0 saturated heterocycles. The Hall–Kier alpha value is -1.44. The van der Waals surface area contributed by atoms with Gasteiger partial charge in [-0.3, -0.25) is 25.2 Å². The van der Waals surface area contributed by atoms with Crippen molar-refractivity contribution in [3.63, 3.8) is 0 Å². The minimum absolute atomic E-state index is 0.0484. The third-order valence-corrected chi connectivity index (χ3v) is 4.62. The van der Waals surface area contributed by atoms with Gasteiger partial charge in [0.05, 0.1) is 10.8 Å². The normalized spacial score (nSPS) is 11.8. The van der Waals surface area contributed by atoms with E-state index < -0.39 is 17.9 Å². The SMILES string of the molecule is CC(=O)N[C@H](C(=O)NNC(=O)CSc1cc(Cl)ccc1Cl)C(C)C. The number of thioether (sulfide) groups is 1. The fourth-order valence-electron chi connectivity index (χ4n) is 1.73. The predicted octanol–water partition coefficient (Wildman–Crippen LogP) is 2.39. The van der Waals surface area contributed by atoms with Crippen molar-refractivity contribution in [3.05, 3.63) is 28.2 Å². The molecule has 132 valence electrons. The number of carbonyl (C=O) groups excluding carboxylic acids is 3. The van der Waals surface area contributed by atoms with Crippen molar-refractivity contribution in [2.24, 2.45) is 5.92 Å². The summed E-state index contributed by atoms with van der Waals surface area (Å²) in [6.07, 6.45) is 0. The summed E-state index contributed by atoms with van der Waals surface area (Å²) in [5, 5.41) is 3.55. The molecule has 0 spiro atoms. The highest BCUT2D eigenvalue weighted by Crippen LogP contribution is 2.29. The number of hydrogen-bond acceptors (Lipinski definition) is 4. The highest BCUT2D eigenvalue weighted by Gasteiger charge is 2.23. The third kappa shape index (κ3) is 6.98. The van der Waals surface area contributed by atoms with Crippen LogP contribution in [0.25, 0.3) is 0 Å². The number of halogens is 2. The monoisotopic (exact) mass is 391 g/mol. The van der Waals surface area contributed by atoms with Gasteiger partial charge < -0.3 is 5.32 Å². The van der Waals surface area contributed by atoms with Crippen molar-refractivity contribution < 1.29 is 14.4 Å². The highest BCUT2D eigenvalue weighted by atomic mass is 35.5. The maximum Gasteiger partial charge on any atom is 0.261 e. The van der Waals surface area contributed by atoms with Gasteiger partial charge in [0.1, 0.15) is 6.04 Å². The quantitative estimate of drug-likeness (QED) is 0.513. The summed E-state index contributed by atoms with van der Waals surface area (Å²) in [6, 6.07) is 4.23. The van der Waals surface area contributed by atoms with Crippen LogP contribution in [-0.4, -0.2) is 29.5 Å². The fourth-order valence-corrected chi connectivity index (χ4v) is 3.02. The van der Waals surface area contributed by atoms with Gasteiger partial charge in [-0.1, -0.05) is 37.0 Å². The molecule has 1 atom stereocenters. The molecular weight excluding hydrogens is 373 g/mol. The molecule has 0 saturated carbocycles. The zero-order valence-electron chi connectivity index (χ0n) is 13.5. The number of hydrogen-bond donors (Lipinski definition) is 3. The van der Waals surface area contributed by atoms with E-state index in [1.54, 1.807) is 32.0 Å². The maximum absolute atomic E-state index is 12.0. The molecular formula is C15H19Cl2N3O3S. The minimum atomic E-state index is -0.724. The molecule has 0 aliphatic heterocycles. The number of hydrazine groups is 1. The molecule has 0 fully saturated rings. The average Bonchev–Trinajstić information content (AvgIpc) is 2.50. The van der Waals surface area contributed by atoms with Crippen LogP contribution in [0.4, 0.5) is 0 Å². The lowest BCUT2D eigenvalue weighted by Gasteiger charge is -2.20. The molecule has 0 radical (unpaired) electrons. The molecule has 1 aromatic carbocycles. The first-order valence-corrected chi connectivity index (χ1v) is 8.88. The van der Waals surface area contributed by atoms with Crippen molar-refractivity contribution in [3.8, 4) is 0 Å². The Morgan fingerprint density at radius 3 is 2.42 bits per heavy atom. The van der Waals surface area contributed by atoms with E-state index in [0.717, 1.165) is 0 Å². The molecule has 6 nitrogen and oxygen atoms in total. The smallest absolute Gasteiger partial charge is 0.261 e. The lowest BCUT2D eigenvalue weighted by molar-refractivity contribution is -0.132. The van der Waals surface area contributed by atoms with Gasteiger partial charge in [-0.15, -0.1) is 11.8 Å².